The number of carboxylic acid groups (broad SMARTS) is 1. The van der Waals surface area contributed by atoms with Crippen LogP contribution in [0.15, 0.2) is 12.3 Å². The maximum absolute atomic E-state index is 12.2. The number of halogens is 1. The van der Waals surface area contributed by atoms with Gasteiger partial charge in [-0.15, -0.1) is 0 Å². The van der Waals surface area contributed by atoms with Crippen molar-refractivity contribution in [2.24, 2.45) is 7.05 Å². The van der Waals surface area contributed by atoms with Gasteiger partial charge in [0.15, 0.2) is 6.10 Å². The Labute approximate surface area is 109 Å². The normalized spacial score (nSPS) is 19.9. The minimum absolute atomic E-state index is 0.0525. The van der Waals surface area contributed by atoms with Gasteiger partial charge in [0.25, 0.3) is 5.91 Å². The number of hydrogen-bond donors (Lipinski definition) is 1. The van der Waals surface area contributed by atoms with Gasteiger partial charge in [-0.1, -0.05) is 11.6 Å². The van der Waals surface area contributed by atoms with E-state index in [1.807, 2.05) is 0 Å². The van der Waals surface area contributed by atoms with Gasteiger partial charge in [0, 0.05) is 19.8 Å². The number of nitrogens with zero attached hydrogens (tertiary/aromatic N) is 2. The summed E-state index contributed by atoms with van der Waals surface area (Å²) in [4.78, 5) is 24.5. The fourth-order valence-corrected chi connectivity index (χ4v) is 2.13. The molecule has 0 radical (unpaired) electrons. The van der Waals surface area contributed by atoms with Crippen molar-refractivity contribution >= 4 is 23.5 Å². The first-order valence-corrected chi connectivity index (χ1v) is 5.82. The number of carboxylic acids is 1. The number of aliphatic carboxylic acids is 1. The van der Waals surface area contributed by atoms with Crippen LogP contribution >= 0.6 is 11.6 Å². The lowest BCUT2D eigenvalue weighted by Crippen LogP contribution is -2.48. The molecule has 1 aromatic heterocycles. The van der Waals surface area contributed by atoms with Crippen molar-refractivity contribution in [3.8, 4) is 0 Å². The van der Waals surface area contributed by atoms with Crippen LogP contribution in [0, 0.1) is 0 Å². The number of aromatic nitrogens is 1. The summed E-state index contributed by atoms with van der Waals surface area (Å²) in [5.74, 6) is -1.30. The third kappa shape index (κ3) is 2.49. The summed E-state index contributed by atoms with van der Waals surface area (Å²) in [5.41, 5.74) is 0.436. The van der Waals surface area contributed by atoms with E-state index in [0.717, 1.165) is 0 Å². The molecule has 1 fully saturated rings. The second kappa shape index (κ2) is 4.99. The molecule has 18 heavy (non-hydrogen) atoms. The van der Waals surface area contributed by atoms with Gasteiger partial charge < -0.3 is 19.3 Å². The molecule has 98 valence electrons. The molecule has 2 heterocycles. The number of ether oxygens (including phenoxy) is 1. The number of aryl methyl sites for hydroxylation is 1. The minimum Gasteiger partial charge on any atom is -0.479 e. The lowest BCUT2D eigenvalue weighted by molar-refractivity contribution is -0.154. The summed E-state index contributed by atoms with van der Waals surface area (Å²) in [7, 11) is 1.72. The van der Waals surface area contributed by atoms with Crippen LogP contribution in [0.2, 0.25) is 5.02 Å². The number of carbonyl (C=O) groups is 2. The standard InChI is InChI=1S/C11H13ClN2O4/c1-13-5-7(12)4-8(13)10(15)14-2-3-18-9(6-14)11(16)17/h4-5,9H,2-3,6H2,1H3,(H,16,17)/t9-/m1/s1. The van der Waals surface area contributed by atoms with E-state index in [4.69, 9.17) is 21.4 Å². The highest BCUT2D eigenvalue weighted by Gasteiger charge is 2.30. The molecule has 0 unspecified atom stereocenters. The molecular formula is C11H13ClN2O4. The molecular weight excluding hydrogens is 260 g/mol. The number of amides is 1. The lowest BCUT2D eigenvalue weighted by Gasteiger charge is -2.30. The van der Waals surface area contributed by atoms with Crippen LogP contribution in [0.3, 0.4) is 0 Å². The highest BCUT2D eigenvalue weighted by Crippen LogP contribution is 2.16. The van der Waals surface area contributed by atoms with E-state index in [0.29, 0.717) is 17.3 Å². The zero-order valence-electron chi connectivity index (χ0n) is 9.80. The molecule has 1 amide bonds. The molecule has 0 spiro atoms. The van der Waals surface area contributed by atoms with Crippen LogP contribution in [-0.2, 0) is 16.6 Å². The summed E-state index contributed by atoms with van der Waals surface area (Å²) >= 11 is 5.82. The topological polar surface area (TPSA) is 71.8 Å². The molecule has 6 nitrogen and oxygen atoms in total. The third-order valence-corrected chi connectivity index (χ3v) is 3.03. The average molecular weight is 273 g/mol. The van der Waals surface area contributed by atoms with Crippen LogP contribution < -0.4 is 0 Å². The van der Waals surface area contributed by atoms with E-state index < -0.39 is 12.1 Å². The van der Waals surface area contributed by atoms with E-state index >= 15 is 0 Å². The van der Waals surface area contributed by atoms with Crippen LogP contribution in [0.4, 0.5) is 0 Å². The van der Waals surface area contributed by atoms with Gasteiger partial charge in [-0.25, -0.2) is 4.79 Å². The highest BCUT2D eigenvalue weighted by molar-refractivity contribution is 6.31. The quantitative estimate of drug-likeness (QED) is 0.856. The average Bonchev–Trinajstić information content (AvgIpc) is 2.67. The second-order valence-electron chi connectivity index (χ2n) is 4.10. The SMILES string of the molecule is Cn1cc(Cl)cc1C(=O)N1CCO[C@@H](C(=O)O)C1. The van der Waals surface area contributed by atoms with Crippen molar-refractivity contribution in [1.82, 2.24) is 9.47 Å². The Bertz CT molecular complexity index is 485. The van der Waals surface area contributed by atoms with Crippen LogP contribution in [0.25, 0.3) is 0 Å². The second-order valence-corrected chi connectivity index (χ2v) is 4.54. The minimum atomic E-state index is -1.06. The van der Waals surface area contributed by atoms with Gasteiger partial charge in [0.1, 0.15) is 5.69 Å². The van der Waals surface area contributed by atoms with Crippen molar-refractivity contribution in [1.29, 1.82) is 0 Å². The van der Waals surface area contributed by atoms with Gasteiger partial charge >= 0.3 is 5.97 Å². The Hall–Kier alpha value is -1.53. The predicted octanol–water partition coefficient (Wildman–Crippen LogP) is 0.604. The van der Waals surface area contributed by atoms with Crippen LogP contribution in [0.5, 0.6) is 0 Å². The third-order valence-electron chi connectivity index (χ3n) is 2.82. The van der Waals surface area contributed by atoms with Gasteiger partial charge in [-0.2, -0.15) is 0 Å². The van der Waals surface area contributed by atoms with Gasteiger partial charge in [0.2, 0.25) is 0 Å². The van der Waals surface area contributed by atoms with Crippen molar-refractivity contribution < 1.29 is 19.4 Å². The Morgan fingerprint density at radius 3 is 2.83 bits per heavy atom. The van der Waals surface area contributed by atoms with Gasteiger partial charge in [-0.05, 0) is 6.07 Å². The van der Waals surface area contributed by atoms with Gasteiger partial charge in [-0.3, -0.25) is 4.79 Å². The molecule has 0 saturated carbocycles. The molecule has 0 bridgehead atoms. The molecule has 7 heteroatoms. The molecule has 2 rings (SSSR count). The van der Waals surface area contributed by atoms with E-state index in [9.17, 15) is 9.59 Å². The molecule has 0 aliphatic carbocycles. The van der Waals surface area contributed by atoms with E-state index in [1.54, 1.807) is 23.9 Å². The first kappa shape index (κ1) is 12.9. The molecule has 1 aromatic rings. The number of morpholine rings is 1. The Morgan fingerprint density at radius 2 is 2.28 bits per heavy atom. The largest absolute Gasteiger partial charge is 0.479 e. The van der Waals surface area contributed by atoms with E-state index in [2.05, 4.69) is 0 Å². The summed E-state index contributed by atoms with van der Waals surface area (Å²) < 4.78 is 6.69. The van der Waals surface area contributed by atoms with Crippen LogP contribution in [-0.4, -0.2) is 52.3 Å². The summed E-state index contributed by atoms with van der Waals surface area (Å²) in [6.07, 6.45) is 0.669. The monoisotopic (exact) mass is 272 g/mol. The van der Waals surface area contributed by atoms with Crippen molar-refractivity contribution in [2.45, 2.75) is 6.10 Å². The molecule has 1 saturated heterocycles. The first-order chi connectivity index (χ1) is 8.49. The lowest BCUT2D eigenvalue weighted by atomic mass is 10.2. The Kier molecular flexibility index (Phi) is 3.58. The number of carbonyl (C=O) groups excluding carboxylic acids is 1. The fourth-order valence-electron chi connectivity index (χ4n) is 1.88. The molecule has 1 aliphatic rings. The fraction of sp³-hybridized carbons (Fsp3) is 0.455. The van der Waals surface area contributed by atoms with Crippen molar-refractivity contribution in [3.63, 3.8) is 0 Å². The Morgan fingerprint density at radius 1 is 1.56 bits per heavy atom. The maximum atomic E-state index is 12.2. The predicted molar refractivity (Wildman–Crippen MR) is 63.7 cm³/mol. The number of hydrogen-bond acceptors (Lipinski definition) is 3. The van der Waals surface area contributed by atoms with Crippen LogP contribution in [0.1, 0.15) is 10.5 Å². The van der Waals surface area contributed by atoms with E-state index in [-0.39, 0.29) is 19.1 Å². The first-order valence-electron chi connectivity index (χ1n) is 5.44. The highest BCUT2D eigenvalue weighted by atomic mass is 35.5. The van der Waals surface area contributed by atoms with Crippen molar-refractivity contribution in [3.05, 3.63) is 23.0 Å². The van der Waals surface area contributed by atoms with Gasteiger partial charge in [0.05, 0.1) is 18.2 Å². The van der Waals surface area contributed by atoms with Crippen molar-refractivity contribution in [2.75, 3.05) is 19.7 Å². The zero-order valence-corrected chi connectivity index (χ0v) is 10.6. The summed E-state index contributed by atoms with van der Waals surface area (Å²) in [6, 6.07) is 1.56. The molecule has 1 aliphatic heterocycles. The maximum Gasteiger partial charge on any atom is 0.334 e. The van der Waals surface area contributed by atoms with E-state index in [1.165, 1.54) is 4.90 Å². The number of rotatable bonds is 2. The smallest absolute Gasteiger partial charge is 0.334 e. The summed E-state index contributed by atoms with van der Waals surface area (Å²) in [5, 5.41) is 9.35. The Balaban J connectivity index is 2.14. The molecule has 1 atom stereocenters. The molecule has 1 N–H and O–H groups in total. The zero-order chi connectivity index (χ0) is 13.3. The summed E-state index contributed by atoms with van der Waals surface area (Å²) in [6.45, 7) is 0.656. The molecule has 0 aromatic carbocycles.